The fourth-order valence-corrected chi connectivity index (χ4v) is 1.94. The third-order valence-electron chi connectivity index (χ3n) is 2.42. The number of rotatable bonds is 5. The van der Waals surface area contributed by atoms with E-state index in [4.69, 9.17) is 9.47 Å². The van der Waals surface area contributed by atoms with Crippen molar-refractivity contribution in [2.45, 2.75) is 0 Å². The van der Waals surface area contributed by atoms with Crippen LogP contribution in [0.4, 0.5) is 0 Å². The first-order valence-electron chi connectivity index (χ1n) is 5.65. The van der Waals surface area contributed by atoms with Gasteiger partial charge in [-0.1, -0.05) is 18.2 Å². The Kier molecular flexibility index (Phi) is 4.73. The van der Waals surface area contributed by atoms with Crippen LogP contribution in [-0.4, -0.2) is 25.3 Å². The second-order valence-electron chi connectivity index (χ2n) is 3.68. The lowest BCUT2D eigenvalue weighted by Gasteiger charge is -2.10. The highest BCUT2D eigenvalue weighted by Crippen LogP contribution is 2.29. The van der Waals surface area contributed by atoms with Crippen molar-refractivity contribution >= 4 is 15.9 Å². The van der Waals surface area contributed by atoms with Crippen molar-refractivity contribution in [1.82, 2.24) is 4.98 Å². The van der Waals surface area contributed by atoms with Crippen LogP contribution in [0.15, 0.2) is 47.1 Å². The van der Waals surface area contributed by atoms with Gasteiger partial charge in [0.15, 0.2) is 0 Å². The Morgan fingerprint density at radius 3 is 2.67 bits per heavy atom. The molecule has 0 atom stereocenters. The zero-order chi connectivity index (χ0) is 12.8. The molecule has 0 amide bonds. The van der Waals surface area contributed by atoms with Gasteiger partial charge in [0, 0.05) is 12.7 Å². The van der Waals surface area contributed by atoms with E-state index in [9.17, 15) is 0 Å². The summed E-state index contributed by atoms with van der Waals surface area (Å²) in [5.41, 5.74) is 1.87. The Bertz CT molecular complexity index is 517. The Morgan fingerprint density at radius 2 is 1.89 bits per heavy atom. The molecule has 1 aromatic heterocycles. The van der Waals surface area contributed by atoms with E-state index in [2.05, 4.69) is 20.9 Å². The molecular weight excluding hydrogens is 294 g/mol. The predicted octanol–water partition coefficient (Wildman–Crippen LogP) is 3.54. The smallest absolute Gasteiger partial charge is 0.128 e. The average molecular weight is 308 g/mol. The van der Waals surface area contributed by atoms with Gasteiger partial charge in [-0.25, -0.2) is 4.98 Å². The van der Waals surface area contributed by atoms with Crippen LogP contribution in [0.25, 0.3) is 11.3 Å². The molecule has 0 bridgehead atoms. The predicted molar refractivity (Wildman–Crippen MR) is 74.7 cm³/mol. The van der Waals surface area contributed by atoms with Gasteiger partial charge < -0.3 is 9.47 Å². The lowest BCUT2D eigenvalue weighted by atomic mass is 10.1. The van der Waals surface area contributed by atoms with Crippen molar-refractivity contribution in [2.24, 2.45) is 0 Å². The lowest BCUT2D eigenvalue weighted by Crippen LogP contribution is -2.05. The topological polar surface area (TPSA) is 31.4 Å². The molecule has 0 spiro atoms. The molecule has 3 nitrogen and oxygen atoms in total. The first kappa shape index (κ1) is 13.1. The first-order valence-corrected chi connectivity index (χ1v) is 6.44. The van der Waals surface area contributed by atoms with Crippen molar-refractivity contribution in [3.05, 3.63) is 47.1 Å². The highest BCUT2D eigenvalue weighted by atomic mass is 79.9. The van der Waals surface area contributed by atoms with Crippen LogP contribution in [-0.2, 0) is 4.74 Å². The monoisotopic (exact) mass is 307 g/mol. The van der Waals surface area contributed by atoms with E-state index in [1.165, 1.54) is 0 Å². The lowest BCUT2D eigenvalue weighted by molar-refractivity contribution is 0.146. The number of pyridine rings is 1. The normalized spacial score (nSPS) is 10.3. The molecule has 0 unspecified atom stereocenters. The minimum Gasteiger partial charge on any atom is -0.490 e. The number of aromatic nitrogens is 1. The van der Waals surface area contributed by atoms with E-state index >= 15 is 0 Å². The third kappa shape index (κ3) is 3.31. The zero-order valence-corrected chi connectivity index (χ0v) is 11.7. The van der Waals surface area contributed by atoms with Crippen LogP contribution in [0.3, 0.4) is 0 Å². The van der Waals surface area contributed by atoms with Crippen molar-refractivity contribution in [2.75, 3.05) is 20.3 Å². The van der Waals surface area contributed by atoms with Crippen molar-refractivity contribution in [3.8, 4) is 17.0 Å². The summed E-state index contributed by atoms with van der Waals surface area (Å²) in [7, 11) is 1.66. The quantitative estimate of drug-likeness (QED) is 0.625. The van der Waals surface area contributed by atoms with Gasteiger partial charge >= 0.3 is 0 Å². The van der Waals surface area contributed by atoms with Crippen LogP contribution < -0.4 is 4.74 Å². The molecule has 4 heteroatoms. The first-order chi connectivity index (χ1) is 8.81. The number of para-hydroxylation sites is 1. The molecule has 0 saturated heterocycles. The van der Waals surface area contributed by atoms with E-state index < -0.39 is 0 Å². The van der Waals surface area contributed by atoms with Crippen molar-refractivity contribution in [1.29, 1.82) is 0 Å². The molecule has 94 valence electrons. The molecule has 0 N–H and O–H groups in total. The molecule has 0 fully saturated rings. The van der Waals surface area contributed by atoms with Crippen molar-refractivity contribution in [3.63, 3.8) is 0 Å². The van der Waals surface area contributed by atoms with Gasteiger partial charge in [-0.2, -0.15) is 0 Å². The van der Waals surface area contributed by atoms with E-state index in [0.29, 0.717) is 13.2 Å². The molecule has 0 saturated carbocycles. The third-order valence-corrected chi connectivity index (χ3v) is 2.86. The van der Waals surface area contributed by atoms with Gasteiger partial charge in [0.25, 0.3) is 0 Å². The summed E-state index contributed by atoms with van der Waals surface area (Å²) < 4.78 is 11.5. The summed E-state index contributed by atoms with van der Waals surface area (Å²) in [5.74, 6) is 0.820. The maximum Gasteiger partial charge on any atom is 0.128 e. The van der Waals surface area contributed by atoms with E-state index in [1.807, 2.05) is 42.5 Å². The SMILES string of the molecule is COCCOc1ccccc1-c1cccc(Br)n1. The van der Waals surface area contributed by atoms with E-state index in [-0.39, 0.29) is 0 Å². The molecule has 0 radical (unpaired) electrons. The molecular formula is C14H14BrNO2. The van der Waals surface area contributed by atoms with Crippen LogP contribution in [0.5, 0.6) is 5.75 Å². The number of hydrogen-bond donors (Lipinski definition) is 0. The van der Waals surface area contributed by atoms with Gasteiger partial charge in [-0.05, 0) is 40.2 Å². The van der Waals surface area contributed by atoms with Gasteiger partial charge in [0.1, 0.15) is 17.0 Å². The number of hydrogen-bond acceptors (Lipinski definition) is 3. The fraction of sp³-hybridized carbons (Fsp3) is 0.214. The van der Waals surface area contributed by atoms with Gasteiger partial charge in [-0.15, -0.1) is 0 Å². The number of halogens is 1. The second kappa shape index (κ2) is 6.52. The number of nitrogens with zero attached hydrogens (tertiary/aromatic N) is 1. The molecule has 1 heterocycles. The van der Waals surface area contributed by atoms with Crippen LogP contribution in [0.2, 0.25) is 0 Å². The average Bonchev–Trinajstić information content (AvgIpc) is 2.40. The summed E-state index contributed by atoms with van der Waals surface area (Å²) in [4.78, 5) is 4.44. The fourth-order valence-electron chi connectivity index (χ4n) is 1.60. The summed E-state index contributed by atoms with van der Waals surface area (Å²) in [6, 6.07) is 13.7. The largest absolute Gasteiger partial charge is 0.490 e. The summed E-state index contributed by atoms with van der Waals surface area (Å²) in [6.07, 6.45) is 0. The minimum absolute atomic E-state index is 0.529. The molecule has 0 aliphatic rings. The molecule has 0 aliphatic carbocycles. The maximum absolute atomic E-state index is 5.69. The van der Waals surface area contributed by atoms with Crippen LogP contribution in [0.1, 0.15) is 0 Å². The number of methoxy groups -OCH3 is 1. The summed E-state index contributed by atoms with van der Waals surface area (Å²) in [6.45, 7) is 1.10. The number of benzene rings is 1. The minimum atomic E-state index is 0.529. The Balaban J connectivity index is 2.27. The second-order valence-corrected chi connectivity index (χ2v) is 4.50. The highest BCUT2D eigenvalue weighted by molar-refractivity contribution is 9.10. The Labute approximate surface area is 115 Å². The van der Waals surface area contributed by atoms with Gasteiger partial charge in [0.2, 0.25) is 0 Å². The summed E-state index contributed by atoms with van der Waals surface area (Å²) >= 11 is 3.38. The molecule has 1 aromatic carbocycles. The Hall–Kier alpha value is -1.39. The van der Waals surface area contributed by atoms with E-state index in [1.54, 1.807) is 7.11 Å². The summed E-state index contributed by atoms with van der Waals surface area (Å²) in [5, 5.41) is 0. The molecule has 18 heavy (non-hydrogen) atoms. The van der Waals surface area contributed by atoms with Gasteiger partial charge in [0.05, 0.1) is 12.3 Å². The molecule has 2 aromatic rings. The zero-order valence-electron chi connectivity index (χ0n) is 10.1. The number of ether oxygens (including phenoxy) is 2. The van der Waals surface area contributed by atoms with Crippen LogP contribution >= 0.6 is 15.9 Å². The standard InChI is InChI=1S/C14H14BrNO2/c1-17-9-10-18-13-7-3-2-5-11(13)12-6-4-8-14(15)16-12/h2-8H,9-10H2,1H3. The molecule has 2 rings (SSSR count). The van der Waals surface area contributed by atoms with Gasteiger partial charge in [-0.3, -0.25) is 0 Å². The van der Waals surface area contributed by atoms with E-state index in [0.717, 1.165) is 21.6 Å². The van der Waals surface area contributed by atoms with Crippen LogP contribution in [0, 0.1) is 0 Å². The maximum atomic E-state index is 5.69. The van der Waals surface area contributed by atoms with Crippen molar-refractivity contribution < 1.29 is 9.47 Å². The molecule has 0 aliphatic heterocycles. The Morgan fingerprint density at radius 1 is 1.06 bits per heavy atom. The highest BCUT2D eigenvalue weighted by Gasteiger charge is 2.07.